The molecule has 8 aromatic rings. The van der Waals surface area contributed by atoms with E-state index in [0.29, 0.717) is 0 Å². The number of allylic oxidation sites excluding steroid dienone is 3. The van der Waals surface area contributed by atoms with Gasteiger partial charge in [-0.2, -0.15) is 0 Å². The van der Waals surface area contributed by atoms with Crippen molar-refractivity contribution in [3.8, 4) is 0 Å². The molecule has 0 radical (unpaired) electrons. The zero-order valence-electron chi connectivity index (χ0n) is 23.1. The number of benzene rings is 5. The van der Waals surface area contributed by atoms with E-state index in [1.165, 1.54) is 76.7 Å². The van der Waals surface area contributed by atoms with Crippen LogP contribution in [-0.4, -0.2) is 8.80 Å². The number of aromatic nitrogens is 2. The first kappa shape index (κ1) is 22.7. The summed E-state index contributed by atoms with van der Waals surface area (Å²) < 4.78 is 5.01. The summed E-state index contributed by atoms with van der Waals surface area (Å²) in [6.45, 7) is 8.95. The van der Waals surface area contributed by atoms with Crippen LogP contribution in [0.4, 0.5) is 0 Å². The maximum Gasteiger partial charge on any atom is 0.123 e. The van der Waals surface area contributed by atoms with Gasteiger partial charge in [-0.15, -0.1) is 0 Å². The number of hydrogen-bond acceptors (Lipinski definition) is 0. The average Bonchev–Trinajstić information content (AvgIpc) is 3.56. The third-order valence-corrected chi connectivity index (χ3v) is 9.47. The molecular weight excluding hydrogens is 496 g/mol. The van der Waals surface area contributed by atoms with E-state index in [1.54, 1.807) is 0 Å². The van der Waals surface area contributed by atoms with Gasteiger partial charge in [0.2, 0.25) is 0 Å². The SMILES string of the molecule is C=CC1=C(C=c2n3c4ccccc4c4cccc(c5cccc6c7ccccc7n2c65)c43)c2ccccc2C1(C)C. The lowest BCUT2D eigenvalue weighted by atomic mass is 9.81. The van der Waals surface area contributed by atoms with Crippen LogP contribution in [0.5, 0.6) is 0 Å². The second-order valence-electron chi connectivity index (χ2n) is 11.8. The van der Waals surface area contributed by atoms with Crippen molar-refractivity contribution in [3.05, 3.63) is 144 Å². The molecule has 0 aliphatic heterocycles. The van der Waals surface area contributed by atoms with E-state index in [2.05, 4.69) is 151 Å². The van der Waals surface area contributed by atoms with Crippen molar-refractivity contribution in [1.29, 1.82) is 0 Å². The van der Waals surface area contributed by atoms with Crippen LogP contribution in [0.15, 0.2) is 127 Å². The molecule has 9 rings (SSSR count). The molecule has 0 atom stereocenters. The summed E-state index contributed by atoms with van der Waals surface area (Å²) in [5.41, 5.74) is 11.1. The summed E-state index contributed by atoms with van der Waals surface area (Å²) in [4.78, 5) is 0. The molecule has 0 unspecified atom stereocenters. The topological polar surface area (TPSA) is 8.82 Å². The Kier molecular flexibility index (Phi) is 4.30. The van der Waals surface area contributed by atoms with Crippen molar-refractivity contribution in [2.24, 2.45) is 0 Å². The predicted octanol–water partition coefficient (Wildman–Crippen LogP) is 9.24. The van der Waals surface area contributed by atoms with Crippen LogP contribution < -0.4 is 5.48 Å². The first-order valence-electron chi connectivity index (χ1n) is 14.3. The molecule has 0 amide bonds. The second kappa shape index (κ2) is 7.77. The largest absolute Gasteiger partial charge is 0.294 e. The zero-order chi connectivity index (χ0) is 27.5. The fourth-order valence-electron chi connectivity index (χ4n) is 7.72. The molecule has 5 aromatic carbocycles. The highest BCUT2D eigenvalue weighted by molar-refractivity contribution is 6.24. The third kappa shape index (κ3) is 2.72. The Morgan fingerprint density at radius 1 is 0.561 bits per heavy atom. The van der Waals surface area contributed by atoms with Gasteiger partial charge in [-0.3, -0.25) is 8.80 Å². The van der Waals surface area contributed by atoms with E-state index in [9.17, 15) is 0 Å². The number of para-hydroxylation sites is 4. The third-order valence-electron chi connectivity index (χ3n) is 9.47. The quantitative estimate of drug-likeness (QED) is 0.213. The van der Waals surface area contributed by atoms with Gasteiger partial charge in [-0.1, -0.05) is 124 Å². The second-order valence-corrected chi connectivity index (χ2v) is 11.8. The van der Waals surface area contributed by atoms with Gasteiger partial charge >= 0.3 is 0 Å². The van der Waals surface area contributed by atoms with Crippen LogP contribution in [0.3, 0.4) is 0 Å². The van der Waals surface area contributed by atoms with E-state index in [4.69, 9.17) is 0 Å². The number of rotatable bonds is 2. The van der Waals surface area contributed by atoms with Crippen LogP contribution in [0, 0.1) is 0 Å². The highest BCUT2D eigenvalue weighted by atomic mass is 15.0. The molecule has 1 aliphatic rings. The molecule has 2 nitrogen and oxygen atoms in total. The summed E-state index contributed by atoms with van der Waals surface area (Å²) in [6, 6.07) is 40.1. The summed E-state index contributed by atoms with van der Waals surface area (Å²) in [6.07, 6.45) is 4.50. The molecule has 194 valence electrons. The standard InChI is InChI=1S/C39H28N2/c1-4-32-31(24-13-5-8-20-33(24)39(32,2)3)23-36-40-34-21-9-6-14-25(34)27-16-11-18-29(37(27)40)30-19-12-17-28-26-15-7-10-22-35(26)41(36)38(28)30/h4-23H,1H2,2-3H3. The fraction of sp³-hybridized carbons (Fsp3) is 0.0769. The molecule has 41 heavy (non-hydrogen) atoms. The minimum Gasteiger partial charge on any atom is -0.294 e. The van der Waals surface area contributed by atoms with Crippen LogP contribution in [-0.2, 0) is 5.41 Å². The lowest BCUT2D eigenvalue weighted by Crippen LogP contribution is -2.20. The Hall–Kier alpha value is -5.08. The molecule has 0 saturated heterocycles. The van der Waals surface area contributed by atoms with Crippen molar-refractivity contribution in [2.75, 3.05) is 0 Å². The Morgan fingerprint density at radius 2 is 1.02 bits per heavy atom. The predicted molar refractivity (Wildman–Crippen MR) is 175 cm³/mol. The highest BCUT2D eigenvalue weighted by Gasteiger charge is 2.35. The average molecular weight is 525 g/mol. The molecule has 0 fully saturated rings. The van der Waals surface area contributed by atoms with Crippen molar-refractivity contribution in [2.45, 2.75) is 19.3 Å². The van der Waals surface area contributed by atoms with Crippen LogP contribution >= 0.6 is 0 Å². The number of hydrogen-bond donors (Lipinski definition) is 0. The van der Waals surface area contributed by atoms with Crippen molar-refractivity contribution in [1.82, 2.24) is 8.80 Å². The summed E-state index contributed by atoms with van der Waals surface area (Å²) in [5.74, 6) is 0. The van der Waals surface area contributed by atoms with E-state index in [0.717, 1.165) is 5.48 Å². The molecule has 0 spiro atoms. The Labute approximate surface area is 237 Å². The lowest BCUT2D eigenvalue weighted by Gasteiger charge is -2.22. The van der Waals surface area contributed by atoms with Crippen molar-refractivity contribution < 1.29 is 0 Å². The molecule has 2 heteroatoms. The minimum atomic E-state index is -0.132. The van der Waals surface area contributed by atoms with Gasteiger partial charge in [0.15, 0.2) is 0 Å². The van der Waals surface area contributed by atoms with Gasteiger partial charge in [-0.05, 0) is 40.5 Å². The van der Waals surface area contributed by atoms with Crippen LogP contribution in [0.1, 0.15) is 25.0 Å². The normalized spacial score (nSPS) is 14.8. The minimum absolute atomic E-state index is 0.132. The molecule has 3 aromatic heterocycles. The molecule has 0 N–H and O–H groups in total. The Balaban J connectivity index is 1.68. The van der Waals surface area contributed by atoms with Crippen molar-refractivity contribution >= 4 is 66.0 Å². The van der Waals surface area contributed by atoms with Crippen molar-refractivity contribution in [3.63, 3.8) is 0 Å². The van der Waals surface area contributed by atoms with Gasteiger partial charge in [0.05, 0.1) is 22.1 Å². The van der Waals surface area contributed by atoms with Crippen LogP contribution in [0.25, 0.3) is 66.0 Å². The fourth-order valence-corrected chi connectivity index (χ4v) is 7.72. The Morgan fingerprint density at radius 3 is 1.59 bits per heavy atom. The maximum atomic E-state index is 4.31. The van der Waals surface area contributed by atoms with E-state index in [1.807, 2.05) is 0 Å². The van der Waals surface area contributed by atoms with E-state index in [-0.39, 0.29) is 5.41 Å². The molecule has 0 saturated carbocycles. The number of nitrogens with zero attached hydrogens (tertiary/aromatic N) is 2. The van der Waals surface area contributed by atoms with Crippen LogP contribution in [0.2, 0.25) is 0 Å². The maximum absolute atomic E-state index is 4.31. The summed E-state index contributed by atoms with van der Waals surface area (Å²) in [5, 5.41) is 7.63. The van der Waals surface area contributed by atoms with Gasteiger partial charge < -0.3 is 0 Å². The Bertz CT molecular complexity index is 2380. The van der Waals surface area contributed by atoms with Gasteiger partial charge in [0, 0.05) is 37.7 Å². The summed E-state index contributed by atoms with van der Waals surface area (Å²) in [7, 11) is 0. The lowest BCUT2D eigenvalue weighted by molar-refractivity contribution is 0.654. The number of fused-ring (bicyclic) bond motifs is 8. The monoisotopic (exact) mass is 524 g/mol. The highest BCUT2D eigenvalue weighted by Crippen LogP contribution is 2.47. The van der Waals surface area contributed by atoms with E-state index < -0.39 is 0 Å². The zero-order valence-corrected chi connectivity index (χ0v) is 23.1. The molecule has 1 aliphatic carbocycles. The molecule has 3 heterocycles. The summed E-state index contributed by atoms with van der Waals surface area (Å²) >= 11 is 0. The molecular formula is C39H28N2. The smallest absolute Gasteiger partial charge is 0.123 e. The first-order valence-corrected chi connectivity index (χ1v) is 14.3. The van der Waals surface area contributed by atoms with Gasteiger partial charge in [-0.25, -0.2) is 0 Å². The van der Waals surface area contributed by atoms with Gasteiger partial charge in [0.1, 0.15) is 5.48 Å². The first-order chi connectivity index (χ1) is 20.1. The molecule has 0 bridgehead atoms. The van der Waals surface area contributed by atoms with Gasteiger partial charge in [0.25, 0.3) is 0 Å². The van der Waals surface area contributed by atoms with E-state index >= 15 is 0 Å².